The Morgan fingerprint density at radius 2 is 1.72 bits per heavy atom. The number of methoxy groups -OCH3 is 2. The Labute approximate surface area is 191 Å². The van der Waals surface area contributed by atoms with Crippen molar-refractivity contribution in [3.05, 3.63) is 59.2 Å². The first kappa shape index (κ1) is 25.2. The lowest BCUT2D eigenvalue weighted by Crippen LogP contribution is -2.50. The highest BCUT2D eigenvalue weighted by Gasteiger charge is 2.28. The van der Waals surface area contributed by atoms with E-state index in [0.717, 1.165) is 16.7 Å². The van der Waals surface area contributed by atoms with Crippen LogP contribution in [0.3, 0.4) is 0 Å². The van der Waals surface area contributed by atoms with Gasteiger partial charge in [0.2, 0.25) is 11.8 Å². The van der Waals surface area contributed by atoms with Crippen LogP contribution in [-0.2, 0) is 22.6 Å². The summed E-state index contributed by atoms with van der Waals surface area (Å²) in [5.74, 6) is 1.12. The highest BCUT2D eigenvalue weighted by atomic mass is 16.5. The molecule has 1 N–H and O–H groups in total. The lowest BCUT2D eigenvalue weighted by Gasteiger charge is -2.31. The second kappa shape index (κ2) is 12.1. The second-order valence-corrected chi connectivity index (χ2v) is 8.29. The van der Waals surface area contributed by atoms with Crippen molar-refractivity contribution in [2.75, 3.05) is 14.2 Å². The van der Waals surface area contributed by atoms with Crippen LogP contribution < -0.4 is 14.8 Å². The van der Waals surface area contributed by atoms with Crippen LogP contribution in [0.5, 0.6) is 11.5 Å². The SMILES string of the molecule is CC[C@@H](C(=O)NC(C)C)N(Cc1cccc(C)c1)C(=O)CCc1ccc(OC)c(OC)c1. The maximum absolute atomic E-state index is 13.4. The number of nitrogens with zero attached hydrogens (tertiary/aromatic N) is 1. The van der Waals surface area contributed by atoms with Crippen LogP contribution in [0, 0.1) is 6.92 Å². The molecule has 0 unspecified atom stereocenters. The zero-order valence-electron chi connectivity index (χ0n) is 20.1. The van der Waals surface area contributed by atoms with Gasteiger partial charge in [0.05, 0.1) is 14.2 Å². The van der Waals surface area contributed by atoms with Crippen molar-refractivity contribution in [3.63, 3.8) is 0 Å². The minimum Gasteiger partial charge on any atom is -0.493 e. The van der Waals surface area contributed by atoms with E-state index in [1.54, 1.807) is 19.1 Å². The van der Waals surface area contributed by atoms with Crippen molar-refractivity contribution in [2.45, 2.75) is 65.6 Å². The van der Waals surface area contributed by atoms with Gasteiger partial charge < -0.3 is 19.7 Å². The van der Waals surface area contributed by atoms with Crippen LogP contribution >= 0.6 is 0 Å². The van der Waals surface area contributed by atoms with Gasteiger partial charge >= 0.3 is 0 Å². The van der Waals surface area contributed by atoms with Crippen molar-refractivity contribution >= 4 is 11.8 Å². The largest absolute Gasteiger partial charge is 0.493 e. The number of rotatable bonds is 11. The van der Waals surface area contributed by atoms with Crippen molar-refractivity contribution in [1.82, 2.24) is 10.2 Å². The number of carbonyl (C=O) groups excluding carboxylic acids is 2. The monoisotopic (exact) mass is 440 g/mol. The summed E-state index contributed by atoms with van der Waals surface area (Å²) in [5.41, 5.74) is 3.12. The van der Waals surface area contributed by atoms with Gasteiger partial charge in [-0.3, -0.25) is 9.59 Å². The number of aryl methyl sites for hydroxylation is 2. The number of hydrogen-bond acceptors (Lipinski definition) is 4. The van der Waals surface area contributed by atoms with E-state index in [-0.39, 0.29) is 17.9 Å². The predicted octanol–water partition coefficient (Wildman–Crippen LogP) is 4.28. The van der Waals surface area contributed by atoms with E-state index in [4.69, 9.17) is 9.47 Å². The van der Waals surface area contributed by atoms with E-state index >= 15 is 0 Å². The van der Waals surface area contributed by atoms with Crippen molar-refractivity contribution in [3.8, 4) is 11.5 Å². The minimum atomic E-state index is -0.518. The van der Waals surface area contributed by atoms with Crippen molar-refractivity contribution < 1.29 is 19.1 Å². The summed E-state index contributed by atoms with van der Waals surface area (Å²) in [7, 11) is 3.19. The molecule has 0 aliphatic rings. The molecule has 2 aromatic carbocycles. The molecule has 6 nitrogen and oxygen atoms in total. The third kappa shape index (κ3) is 7.01. The van der Waals surface area contributed by atoms with Gasteiger partial charge in [-0.1, -0.05) is 42.8 Å². The number of nitrogens with one attached hydrogen (secondary N) is 1. The lowest BCUT2D eigenvalue weighted by molar-refractivity contribution is -0.141. The fraction of sp³-hybridized carbons (Fsp3) is 0.462. The molecule has 2 amide bonds. The molecule has 0 bridgehead atoms. The standard InChI is InChI=1S/C26H36N2O4/c1-7-22(26(30)27-18(2)3)28(17-21-10-8-9-19(4)15-21)25(29)14-12-20-11-13-23(31-5)24(16-20)32-6/h8-11,13,15-16,18,22H,7,12,14,17H2,1-6H3,(H,27,30)/t22-/m0/s1. The third-order valence-electron chi connectivity index (χ3n) is 5.33. The summed E-state index contributed by atoms with van der Waals surface area (Å²) in [5, 5.41) is 2.96. The molecule has 6 heteroatoms. The summed E-state index contributed by atoms with van der Waals surface area (Å²) >= 11 is 0. The molecule has 0 fully saturated rings. The fourth-order valence-corrected chi connectivity index (χ4v) is 3.74. The predicted molar refractivity (Wildman–Crippen MR) is 127 cm³/mol. The smallest absolute Gasteiger partial charge is 0.243 e. The first-order valence-electron chi connectivity index (χ1n) is 11.1. The lowest BCUT2D eigenvalue weighted by atomic mass is 10.0. The van der Waals surface area contributed by atoms with Crippen molar-refractivity contribution in [2.24, 2.45) is 0 Å². The molecule has 0 radical (unpaired) electrons. The summed E-state index contributed by atoms with van der Waals surface area (Å²) in [6, 6.07) is 13.2. The normalized spacial score (nSPS) is 11.7. The van der Waals surface area contributed by atoms with Crippen LogP contribution in [0.1, 0.15) is 50.3 Å². The van der Waals surface area contributed by atoms with E-state index < -0.39 is 6.04 Å². The Morgan fingerprint density at radius 1 is 1.00 bits per heavy atom. The van der Waals surface area contributed by atoms with Crippen LogP contribution in [0.2, 0.25) is 0 Å². The Morgan fingerprint density at radius 3 is 2.31 bits per heavy atom. The van der Waals surface area contributed by atoms with Crippen LogP contribution in [0.15, 0.2) is 42.5 Å². The molecule has 0 heterocycles. The van der Waals surface area contributed by atoms with Crippen LogP contribution in [0.4, 0.5) is 0 Å². The average Bonchev–Trinajstić information content (AvgIpc) is 2.76. The zero-order valence-corrected chi connectivity index (χ0v) is 20.1. The number of carbonyl (C=O) groups is 2. The Balaban J connectivity index is 2.23. The van der Waals surface area contributed by atoms with E-state index in [0.29, 0.717) is 37.3 Å². The molecule has 2 rings (SSSR count). The summed E-state index contributed by atoms with van der Waals surface area (Å²) in [4.78, 5) is 28.0. The molecule has 174 valence electrons. The third-order valence-corrected chi connectivity index (χ3v) is 5.33. The average molecular weight is 441 g/mol. The maximum atomic E-state index is 13.4. The quantitative estimate of drug-likeness (QED) is 0.566. The summed E-state index contributed by atoms with van der Waals surface area (Å²) in [6.45, 7) is 8.21. The molecule has 1 atom stereocenters. The first-order valence-corrected chi connectivity index (χ1v) is 11.1. The maximum Gasteiger partial charge on any atom is 0.243 e. The molecular weight excluding hydrogens is 404 g/mol. The van der Waals surface area contributed by atoms with Crippen LogP contribution in [0.25, 0.3) is 0 Å². The van der Waals surface area contributed by atoms with Gasteiger partial charge in [-0.25, -0.2) is 0 Å². The van der Waals surface area contributed by atoms with Gasteiger partial charge in [-0.15, -0.1) is 0 Å². The number of benzene rings is 2. The fourth-order valence-electron chi connectivity index (χ4n) is 3.74. The molecule has 0 aliphatic heterocycles. The number of hydrogen-bond donors (Lipinski definition) is 1. The van der Waals surface area contributed by atoms with E-state index in [1.807, 2.05) is 64.1 Å². The number of amides is 2. The molecule has 0 saturated heterocycles. The number of ether oxygens (including phenoxy) is 2. The minimum absolute atomic E-state index is 0.0132. The highest BCUT2D eigenvalue weighted by Crippen LogP contribution is 2.28. The molecule has 0 saturated carbocycles. The molecule has 0 aliphatic carbocycles. The van der Waals surface area contributed by atoms with E-state index in [9.17, 15) is 9.59 Å². The Kier molecular flexibility index (Phi) is 9.57. The Hall–Kier alpha value is -3.02. The molecule has 32 heavy (non-hydrogen) atoms. The van der Waals surface area contributed by atoms with E-state index in [1.165, 1.54) is 0 Å². The van der Waals surface area contributed by atoms with Crippen LogP contribution in [-0.4, -0.2) is 43.0 Å². The molecule has 2 aromatic rings. The van der Waals surface area contributed by atoms with Gasteiger partial charge in [-0.2, -0.15) is 0 Å². The second-order valence-electron chi connectivity index (χ2n) is 8.29. The van der Waals surface area contributed by atoms with Gasteiger partial charge in [0.25, 0.3) is 0 Å². The van der Waals surface area contributed by atoms with Gasteiger partial charge in [-0.05, 0) is 56.9 Å². The van der Waals surface area contributed by atoms with Gasteiger partial charge in [0, 0.05) is 19.0 Å². The van der Waals surface area contributed by atoms with Gasteiger partial charge in [0.15, 0.2) is 11.5 Å². The zero-order chi connectivity index (χ0) is 23.7. The van der Waals surface area contributed by atoms with E-state index in [2.05, 4.69) is 11.4 Å². The van der Waals surface area contributed by atoms with Crippen molar-refractivity contribution in [1.29, 1.82) is 0 Å². The first-order chi connectivity index (χ1) is 15.3. The summed E-state index contributed by atoms with van der Waals surface area (Å²) < 4.78 is 10.7. The van der Waals surface area contributed by atoms with Gasteiger partial charge in [0.1, 0.15) is 6.04 Å². The summed E-state index contributed by atoms with van der Waals surface area (Å²) in [6.07, 6.45) is 1.39. The molecule has 0 spiro atoms. The highest BCUT2D eigenvalue weighted by molar-refractivity contribution is 5.87. The Bertz CT molecular complexity index is 910. The topological polar surface area (TPSA) is 67.9 Å². The molecule has 0 aromatic heterocycles. The molecular formula is C26H36N2O4.